The highest BCUT2D eigenvalue weighted by molar-refractivity contribution is 5.92. The number of nitrogens with zero attached hydrogens (tertiary/aromatic N) is 1. The molecule has 0 spiro atoms. The van der Waals surface area contributed by atoms with Crippen molar-refractivity contribution in [2.24, 2.45) is 0 Å². The fraction of sp³-hybridized carbons (Fsp3) is 0.250. The van der Waals surface area contributed by atoms with Crippen LogP contribution in [-0.4, -0.2) is 29.6 Å². The monoisotopic (exact) mass is 286 g/mol. The van der Waals surface area contributed by atoms with Crippen LogP contribution >= 0.6 is 0 Å². The molecule has 5 nitrogen and oxygen atoms in total. The number of aryl methyl sites for hydroxylation is 1. The van der Waals surface area contributed by atoms with Crippen molar-refractivity contribution in [3.63, 3.8) is 0 Å². The molecule has 0 aliphatic heterocycles. The Morgan fingerprint density at radius 2 is 1.90 bits per heavy atom. The molecule has 0 saturated heterocycles. The van der Waals surface area contributed by atoms with Gasteiger partial charge in [0.25, 0.3) is 5.91 Å². The molecule has 5 heteroatoms. The predicted octanol–water partition coefficient (Wildman–Crippen LogP) is 2.08. The SMILES string of the molecule is CNC(=O)[C@H](C)OC(=O)c1ccc(C)c(-n2cccc2)c1. The van der Waals surface area contributed by atoms with Gasteiger partial charge < -0.3 is 14.6 Å². The van der Waals surface area contributed by atoms with Gasteiger partial charge in [-0.2, -0.15) is 0 Å². The number of carbonyl (C=O) groups excluding carboxylic acids is 2. The highest BCUT2D eigenvalue weighted by atomic mass is 16.5. The third-order valence-corrected chi connectivity index (χ3v) is 3.23. The average molecular weight is 286 g/mol. The van der Waals surface area contributed by atoms with Gasteiger partial charge in [-0.15, -0.1) is 0 Å². The van der Waals surface area contributed by atoms with Crippen molar-refractivity contribution in [3.8, 4) is 5.69 Å². The van der Waals surface area contributed by atoms with Crippen LogP contribution in [0.2, 0.25) is 0 Å². The molecule has 0 unspecified atom stereocenters. The van der Waals surface area contributed by atoms with E-state index in [2.05, 4.69) is 5.32 Å². The minimum Gasteiger partial charge on any atom is -0.449 e. The number of hydrogen-bond donors (Lipinski definition) is 1. The first kappa shape index (κ1) is 14.8. The van der Waals surface area contributed by atoms with Gasteiger partial charge in [0.05, 0.1) is 5.56 Å². The lowest BCUT2D eigenvalue weighted by atomic mass is 10.1. The lowest BCUT2D eigenvalue weighted by Gasteiger charge is -2.13. The Hall–Kier alpha value is -2.56. The van der Waals surface area contributed by atoms with E-state index < -0.39 is 12.1 Å². The summed E-state index contributed by atoms with van der Waals surface area (Å²) in [6.07, 6.45) is 2.99. The van der Waals surface area contributed by atoms with E-state index in [4.69, 9.17) is 4.74 Å². The van der Waals surface area contributed by atoms with Crippen molar-refractivity contribution >= 4 is 11.9 Å². The molecular formula is C16H18N2O3. The number of rotatable bonds is 4. The van der Waals surface area contributed by atoms with Gasteiger partial charge in [-0.1, -0.05) is 6.07 Å². The van der Waals surface area contributed by atoms with Crippen molar-refractivity contribution < 1.29 is 14.3 Å². The van der Waals surface area contributed by atoms with E-state index >= 15 is 0 Å². The number of hydrogen-bond acceptors (Lipinski definition) is 3. The lowest BCUT2D eigenvalue weighted by molar-refractivity contribution is -0.128. The molecule has 1 aromatic heterocycles. The van der Waals surface area contributed by atoms with Crippen LogP contribution in [0.3, 0.4) is 0 Å². The Labute approximate surface area is 123 Å². The zero-order valence-electron chi connectivity index (χ0n) is 12.3. The van der Waals surface area contributed by atoms with E-state index in [1.165, 1.54) is 14.0 Å². The van der Waals surface area contributed by atoms with E-state index in [1.54, 1.807) is 12.1 Å². The summed E-state index contributed by atoms with van der Waals surface area (Å²) in [5, 5.41) is 2.44. The molecule has 110 valence electrons. The number of carbonyl (C=O) groups is 2. The maximum atomic E-state index is 12.1. The maximum absolute atomic E-state index is 12.1. The van der Waals surface area contributed by atoms with E-state index in [1.807, 2.05) is 42.1 Å². The number of benzene rings is 1. The van der Waals surface area contributed by atoms with Crippen LogP contribution in [0.1, 0.15) is 22.8 Å². The molecule has 1 N–H and O–H groups in total. The minimum atomic E-state index is -0.821. The fourth-order valence-electron chi connectivity index (χ4n) is 2.00. The number of esters is 1. The highest BCUT2D eigenvalue weighted by Crippen LogP contribution is 2.17. The molecule has 1 amide bonds. The smallest absolute Gasteiger partial charge is 0.338 e. The summed E-state index contributed by atoms with van der Waals surface area (Å²) < 4.78 is 7.07. The second-order valence-electron chi connectivity index (χ2n) is 4.75. The van der Waals surface area contributed by atoms with Crippen molar-refractivity contribution in [3.05, 3.63) is 53.9 Å². The number of aromatic nitrogens is 1. The van der Waals surface area contributed by atoms with E-state index in [0.29, 0.717) is 5.56 Å². The Morgan fingerprint density at radius 1 is 1.24 bits per heavy atom. The average Bonchev–Trinajstić information content (AvgIpc) is 3.00. The van der Waals surface area contributed by atoms with Crippen molar-refractivity contribution in [1.29, 1.82) is 0 Å². The van der Waals surface area contributed by atoms with Crippen molar-refractivity contribution in [2.75, 3.05) is 7.05 Å². The molecule has 1 aromatic carbocycles. The molecule has 0 saturated carbocycles. The molecular weight excluding hydrogens is 268 g/mol. The lowest BCUT2D eigenvalue weighted by Crippen LogP contribution is -2.33. The Kier molecular flexibility index (Phi) is 4.42. The van der Waals surface area contributed by atoms with Crippen LogP contribution in [0.4, 0.5) is 0 Å². The first-order valence-corrected chi connectivity index (χ1v) is 6.69. The summed E-state index contributed by atoms with van der Waals surface area (Å²) in [5.74, 6) is -0.847. The topological polar surface area (TPSA) is 60.3 Å². The van der Waals surface area contributed by atoms with E-state index in [0.717, 1.165) is 11.3 Å². The zero-order chi connectivity index (χ0) is 15.4. The second-order valence-corrected chi connectivity index (χ2v) is 4.75. The number of likely N-dealkylation sites (N-methyl/N-ethyl adjacent to an activating group) is 1. The Morgan fingerprint density at radius 3 is 2.52 bits per heavy atom. The molecule has 0 bridgehead atoms. The van der Waals surface area contributed by atoms with Crippen LogP contribution in [0.25, 0.3) is 5.69 Å². The maximum Gasteiger partial charge on any atom is 0.338 e. The summed E-state index contributed by atoms with van der Waals surface area (Å²) >= 11 is 0. The number of ether oxygens (including phenoxy) is 1. The molecule has 0 aliphatic rings. The van der Waals surface area contributed by atoms with Gasteiger partial charge in [-0.05, 0) is 43.7 Å². The van der Waals surface area contributed by atoms with Crippen molar-refractivity contribution in [2.45, 2.75) is 20.0 Å². The number of nitrogens with one attached hydrogen (secondary N) is 1. The predicted molar refractivity (Wildman–Crippen MR) is 79.5 cm³/mol. The molecule has 2 rings (SSSR count). The summed E-state index contributed by atoms with van der Waals surface area (Å²) in [6.45, 7) is 3.51. The second kappa shape index (κ2) is 6.26. The molecule has 1 heterocycles. The zero-order valence-corrected chi connectivity index (χ0v) is 12.3. The third-order valence-electron chi connectivity index (χ3n) is 3.23. The quantitative estimate of drug-likeness (QED) is 0.875. The molecule has 1 atom stereocenters. The summed E-state index contributed by atoms with van der Waals surface area (Å²) in [4.78, 5) is 23.5. The first-order valence-electron chi connectivity index (χ1n) is 6.69. The van der Waals surface area contributed by atoms with E-state index in [-0.39, 0.29) is 5.91 Å². The third kappa shape index (κ3) is 3.31. The van der Waals surface area contributed by atoms with Crippen LogP contribution in [0.15, 0.2) is 42.7 Å². The normalized spacial score (nSPS) is 11.8. The molecule has 21 heavy (non-hydrogen) atoms. The Balaban J connectivity index is 2.23. The Bertz CT molecular complexity index is 648. The summed E-state index contributed by atoms with van der Waals surface area (Å²) in [5.41, 5.74) is 2.36. The van der Waals surface area contributed by atoms with Gasteiger partial charge in [-0.25, -0.2) is 4.79 Å². The minimum absolute atomic E-state index is 0.332. The largest absolute Gasteiger partial charge is 0.449 e. The molecule has 0 fully saturated rings. The fourth-order valence-corrected chi connectivity index (χ4v) is 2.00. The van der Waals surface area contributed by atoms with E-state index in [9.17, 15) is 9.59 Å². The molecule has 0 aliphatic carbocycles. The van der Waals surface area contributed by atoms with Crippen LogP contribution in [0, 0.1) is 6.92 Å². The van der Waals surface area contributed by atoms with Gasteiger partial charge in [-0.3, -0.25) is 4.79 Å². The van der Waals surface area contributed by atoms with Gasteiger partial charge in [0, 0.05) is 25.1 Å². The summed E-state index contributed by atoms with van der Waals surface area (Å²) in [7, 11) is 1.50. The first-order chi connectivity index (χ1) is 10.0. The van der Waals surface area contributed by atoms with Gasteiger partial charge in [0.2, 0.25) is 0 Å². The van der Waals surface area contributed by atoms with Crippen LogP contribution in [0.5, 0.6) is 0 Å². The number of amides is 1. The highest BCUT2D eigenvalue weighted by Gasteiger charge is 2.18. The molecule has 0 radical (unpaired) electrons. The van der Waals surface area contributed by atoms with Crippen molar-refractivity contribution in [1.82, 2.24) is 9.88 Å². The van der Waals surface area contributed by atoms with Crippen LogP contribution in [-0.2, 0) is 9.53 Å². The van der Waals surface area contributed by atoms with Gasteiger partial charge >= 0.3 is 5.97 Å². The molecule has 2 aromatic rings. The summed E-state index contributed by atoms with van der Waals surface area (Å²) in [6, 6.07) is 9.14. The van der Waals surface area contributed by atoms with Crippen LogP contribution < -0.4 is 5.32 Å². The standard InChI is InChI=1S/C16H18N2O3/c1-11-6-7-13(10-14(11)18-8-4-5-9-18)16(20)21-12(2)15(19)17-3/h4-10,12H,1-3H3,(H,17,19)/t12-/m0/s1. The van der Waals surface area contributed by atoms with Gasteiger partial charge in [0.1, 0.15) is 0 Å². The van der Waals surface area contributed by atoms with Gasteiger partial charge in [0.15, 0.2) is 6.10 Å².